The summed E-state index contributed by atoms with van der Waals surface area (Å²) in [5.41, 5.74) is 0.973. The van der Waals surface area contributed by atoms with Gasteiger partial charge in [0.1, 0.15) is 11.7 Å². The van der Waals surface area contributed by atoms with Crippen molar-refractivity contribution in [3.63, 3.8) is 0 Å². The molecule has 1 atom stereocenters. The van der Waals surface area contributed by atoms with Crippen LogP contribution in [0.1, 0.15) is 23.2 Å². The number of imide groups is 1. The van der Waals surface area contributed by atoms with Gasteiger partial charge in [0.2, 0.25) is 11.8 Å². The monoisotopic (exact) mass is 736 g/mol. The highest BCUT2D eigenvalue weighted by atomic mass is 35.5. The number of carbonyl (C=O) groups is 3. The Bertz CT molecular complexity index is 2340. The fourth-order valence-corrected chi connectivity index (χ4v) is 7.10. The van der Waals surface area contributed by atoms with E-state index in [1.807, 2.05) is 0 Å². The van der Waals surface area contributed by atoms with Crippen LogP contribution in [0.4, 0.5) is 10.1 Å². The quantitative estimate of drug-likeness (QED) is 0.116. The number of nitrogens with zero attached hydrogens (tertiary/aromatic N) is 1. The maximum absolute atomic E-state index is 15.2. The minimum atomic E-state index is -4.14. The van der Waals surface area contributed by atoms with E-state index < -0.39 is 49.4 Å². The van der Waals surface area contributed by atoms with E-state index in [2.05, 4.69) is 5.32 Å². The zero-order valence-electron chi connectivity index (χ0n) is 26.4. The number of nitrogens with one attached hydrogen (secondary N) is 1. The highest BCUT2D eigenvalue weighted by Gasteiger charge is 2.36. The lowest BCUT2D eigenvalue weighted by atomic mass is 9.95. The van der Waals surface area contributed by atoms with E-state index in [0.717, 1.165) is 17.0 Å². The highest BCUT2D eigenvalue weighted by Crippen LogP contribution is 2.33. The van der Waals surface area contributed by atoms with E-state index in [1.165, 1.54) is 41.3 Å². The van der Waals surface area contributed by atoms with E-state index in [4.69, 9.17) is 16.2 Å². The van der Waals surface area contributed by atoms with Crippen LogP contribution in [0.2, 0.25) is 5.02 Å². The molecule has 0 aromatic heterocycles. The molecule has 50 heavy (non-hydrogen) atoms. The van der Waals surface area contributed by atoms with Crippen molar-refractivity contribution in [2.45, 2.75) is 22.6 Å². The molecule has 2 N–H and O–H groups in total. The standard InChI is InChI=1S/C26H23FN2O5S.C10H7ClO3S/c1-35(33,34)23-12-6-5-10-19(23)18-13-14-22(21(27)16-18)29-15-7-11-20(26(29)32)25(31)28-24(30)17-8-3-2-4-9-17;11-9-3-1-8-6-10(15(12,13)14)4-2-7(8)5-9/h2-6,8-10,12-14,16,20H,7,11,15H2,1H3,(H,28,30,31);1-6H,(H,12,13,14). The first-order chi connectivity index (χ1) is 23.6. The Kier molecular flexibility index (Phi) is 10.8. The Balaban J connectivity index is 0.000000269. The van der Waals surface area contributed by atoms with Crippen LogP contribution in [0.5, 0.6) is 0 Å². The van der Waals surface area contributed by atoms with Gasteiger partial charge in [0.05, 0.1) is 15.5 Å². The lowest BCUT2D eigenvalue weighted by Gasteiger charge is -2.32. The van der Waals surface area contributed by atoms with Crippen molar-refractivity contribution < 1.29 is 40.2 Å². The van der Waals surface area contributed by atoms with Crippen LogP contribution in [0.3, 0.4) is 0 Å². The second kappa shape index (κ2) is 14.9. The Hall–Kier alpha value is -4.95. The van der Waals surface area contributed by atoms with Crippen LogP contribution in [-0.4, -0.2) is 51.9 Å². The first-order valence-electron chi connectivity index (χ1n) is 15.1. The lowest BCUT2D eigenvalue weighted by Crippen LogP contribution is -2.49. The van der Waals surface area contributed by atoms with Crippen LogP contribution in [0.15, 0.2) is 119 Å². The Labute approximate surface area is 293 Å². The molecule has 6 rings (SSSR count). The van der Waals surface area contributed by atoms with Crippen LogP contribution in [0, 0.1) is 11.7 Å². The molecule has 5 aromatic rings. The maximum atomic E-state index is 15.2. The van der Waals surface area contributed by atoms with E-state index in [9.17, 15) is 31.2 Å². The van der Waals surface area contributed by atoms with Gasteiger partial charge in [-0.05, 0) is 83.8 Å². The molecule has 5 aromatic carbocycles. The summed E-state index contributed by atoms with van der Waals surface area (Å²) in [4.78, 5) is 39.3. The molecule has 0 bridgehead atoms. The summed E-state index contributed by atoms with van der Waals surface area (Å²) in [6, 6.07) is 28.0. The number of rotatable bonds is 6. The van der Waals surface area contributed by atoms with Crippen molar-refractivity contribution in [1.82, 2.24) is 5.32 Å². The van der Waals surface area contributed by atoms with Gasteiger partial charge in [0.25, 0.3) is 16.0 Å². The number of amides is 3. The molecule has 1 aliphatic rings. The Morgan fingerprint density at radius 3 is 2.20 bits per heavy atom. The number of sulfone groups is 1. The molecule has 10 nitrogen and oxygen atoms in total. The average Bonchev–Trinajstić information content (AvgIpc) is 3.08. The van der Waals surface area contributed by atoms with Gasteiger partial charge in [0, 0.05) is 29.0 Å². The van der Waals surface area contributed by atoms with E-state index in [0.29, 0.717) is 22.6 Å². The summed E-state index contributed by atoms with van der Waals surface area (Å²) in [7, 11) is -7.68. The zero-order valence-corrected chi connectivity index (χ0v) is 28.8. The molecule has 0 spiro atoms. The Morgan fingerprint density at radius 1 is 0.860 bits per heavy atom. The maximum Gasteiger partial charge on any atom is 0.294 e. The molecule has 3 amide bonds. The second-order valence-corrected chi connectivity index (χ2v) is 15.3. The molecule has 0 radical (unpaired) electrons. The fraction of sp³-hybridized carbons (Fsp3) is 0.139. The van der Waals surface area contributed by atoms with Gasteiger partial charge in [-0.1, -0.05) is 66.2 Å². The molecule has 258 valence electrons. The molecule has 0 saturated carbocycles. The summed E-state index contributed by atoms with van der Waals surface area (Å²) >= 11 is 5.78. The number of fused-ring (bicyclic) bond motifs is 1. The summed E-state index contributed by atoms with van der Waals surface area (Å²) in [6.07, 6.45) is 1.77. The molecule has 1 fully saturated rings. The molecule has 14 heteroatoms. The summed E-state index contributed by atoms with van der Waals surface area (Å²) in [5, 5.41) is 4.39. The fourth-order valence-electron chi connectivity index (χ4n) is 5.50. The number of hydrogen-bond donors (Lipinski definition) is 2. The van der Waals surface area contributed by atoms with Gasteiger partial charge in [-0.25, -0.2) is 12.8 Å². The largest absolute Gasteiger partial charge is 0.309 e. The smallest absolute Gasteiger partial charge is 0.294 e. The summed E-state index contributed by atoms with van der Waals surface area (Å²) in [5.74, 6) is -3.78. The molecule has 1 heterocycles. The van der Waals surface area contributed by atoms with Crippen molar-refractivity contribution >= 4 is 65.7 Å². The van der Waals surface area contributed by atoms with E-state index in [1.54, 1.807) is 72.8 Å². The molecule has 1 unspecified atom stereocenters. The van der Waals surface area contributed by atoms with Crippen molar-refractivity contribution in [3.05, 3.63) is 126 Å². The van der Waals surface area contributed by atoms with Gasteiger partial charge >= 0.3 is 0 Å². The SMILES string of the molecule is CS(=O)(=O)c1ccccc1-c1ccc(N2CCCC(C(=O)NC(=O)c3ccccc3)C2=O)c(F)c1.O=S(=O)(O)c1ccc2cc(Cl)ccc2c1. The average molecular weight is 737 g/mol. The molecule has 0 aliphatic carbocycles. The molecule has 1 aliphatic heterocycles. The van der Waals surface area contributed by atoms with E-state index in [-0.39, 0.29) is 34.0 Å². The number of hydrogen-bond acceptors (Lipinski definition) is 7. The van der Waals surface area contributed by atoms with Gasteiger partial charge in [-0.15, -0.1) is 0 Å². The third-order valence-corrected chi connectivity index (χ3v) is 10.2. The van der Waals surface area contributed by atoms with Crippen LogP contribution in [0.25, 0.3) is 21.9 Å². The van der Waals surface area contributed by atoms with Crippen molar-refractivity contribution in [1.29, 1.82) is 0 Å². The Morgan fingerprint density at radius 2 is 1.52 bits per heavy atom. The van der Waals surface area contributed by atoms with Crippen molar-refractivity contribution in [2.75, 3.05) is 17.7 Å². The van der Waals surface area contributed by atoms with Gasteiger partial charge < -0.3 is 4.90 Å². The first kappa shape index (κ1) is 36.3. The number of benzene rings is 5. The van der Waals surface area contributed by atoms with Crippen LogP contribution in [-0.2, 0) is 29.5 Å². The number of piperidine rings is 1. The second-order valence-electron chi connectivity index (χ2n) is 11.4. The lowest BCUT2D eigenvalue weighted by molar-refractivity contribution is -0.134. The third kappa shape index (κ3) is 8.43. The van der Waals surface area contributed by atoms with Gasteiger partial charge in [-0.2, -0.15) is 8.42 Å². The minimum Gasteiger partial charge on any atom is -0.309 e. The molecular formula is C36H30ClFN2O8S2. The van der Waals surface area contributed by atoms with Crippen molar-refractivity contribution in [3.8, 4) is 11.1 Å². The normalized spacial score (nSPS) is 14.8. The summed E-state index contributed by atoms with van der Waals surface area (Å²) in [6.45, 7) is 0.214. The summed E-state index contributed by atoms with van der Waals surface area (Å²) < 4.78 is 70.0. The number of anilines is 1. The number of halogens is 2. The van der Waals surface area contributed by atoms with Gasteiger partial charge in [0.15, 0.2) is 9.84 Å². The minimum absolute atomic E-state index is 0.0116. The predicted molar refractivity (Wildman–Crippen MR) is 188 cm³/mol. The third-order valence-electron chi connectivity index (χ3n) is 7.94. The molecular weight excluding hydrogens is 707 g/mol. The first-order valence-corrected chi connectivity index (χ1v) is 18.8. The predicted octanol–water partition coefficient (Wildman–Crippen LogP) is 6.34. The molecule has 1 saturated heterocycles. The topological polar surface area (TPSA) is 155 Å². The van der Waals surface area contributed by atoms with Crippen molar-refractivity contribution in [2.24, 2.45) is 5.92 Å². The van der Waals surface area contributed by atoms with Crippen LogP contribution >= 0.6 is 11.6 Å². The number of carbonyl (C=O) groups excluding carboxylic acids is 3. The zero-order chi connectivity index (χ0) is 36.2. The highest BCUT2D eigenvalue weighted by molar-refractivity contribution is 7.90. The van der Waals surface area contributed by atoms with Gasteiger partial charge in [-0.3, -0.25) is 24.3 Å². The van der Waals surface area contributed by atoms with Crippen LogP contribution < -0.4 is 10.2 Å². The van der Waals surface area contributed by atoms with E-state index >= 15 is 4.39 Å².